The summed E-state index contributed by atoms with van der Waals surface area (Å²) < 4.78 is 2.19. The van der Waals surface area contributed by atoms with E-state index in [1.54, 1.807) is 6.20 Å². The van der Waals surface area contributed by atoms with Crippen LogP contribution in [0.15, 0.2) is 73.3 Å². The van der Waals surface area contributed by atoms with Crippen LogP contribution in [0.2, 0.25) is 0 Å². The van der Waals surface area contributed by atoms with Crippen molar-refractivity contribution in [2.24, 2.45) is 0 Å². The van der Waals surface area contributed by atoms with Crippen molar-refractivity contribution >= 4 is 38.4 Å². The summed E-state index contributed by atoms with van der Waals surface area (Å²) in [5.41, 5.74) is 9.45. The Hall–Kier alpha value is -3.79. The Balaban J connectivity index is 1.82. The SMILES string of the molecule is c1ccc2c(c1)Cc1ccc3c(c1-2)c1ccncc1n1c2cnccc2nc31. The molecule has 0 saturated heterocycles. The van der Waals surface area contributed by atoms with Crippen LogP contribution in [-0.4, -0.2) is 19.4 Å². The van der Waals surface area contributed by atoms with Crippen molar-refractivity contribution in [1.29, 1.82) is 0 Å². The maximum atomic E-state index is 4.97. The molecule has 0 unspecified atom stereocenters. The summed E-state index contributed by atoms with van der Waals surface area (Å²) in [6, 6.07) is 17.3. The number of hydrogen-bond acceptors (Lipinski definition) is 3. The largest absolute Gasteiger partial charge is 0.289 e. The Bertz CT molecular complexity index is 1590. The third-order valence-corrected chi connectivity index (χ3v) is 5.97. The van der Waals surface area contributed by atoms with Gasteiger partial charge in [-0.1, -0.05) is 36.4 Å². The number of rotatable bonds is 0. The monoisotopic (exact) mass is 358 g/mol. The van der Waals surface area contributed by atoms with E-state index in [1.807, 2.05) is 24.7 Å². The maximum Gasteiger partial charge on any atom is 0.146 e. The molecule has 0 fully saturated rings. The molecule has 1 aliphatic carbocycles. The van der Waals surface area contributed by atoms with Gasteiger partial charge in [-0.3, -0.25) is 14.4 Å². The van der Waals surface area contributed by atoms with Crippen LogP contribution < -0.4 is 0 Å². The van der Waals surface area contributed by atoms with Crippen LogP contribution in [0.4, 0.5) is 0 Å². The molecule has 0 saturated carbocycles. The van der Waals surface area contributed by atoms with E-state index in [-0.39, 0.29) is 0 Å². The summed E-state index contributed by atoms with van der Waals surface area (Å²) in [6.07, 6.45) is 8.49. The fourth-order valence-corrected chi connectivity index (χ4v) is 4.81. The van der Waals surface area contributed by atoms with Gasteiger partial charge in [0.1, 0.15) is 5.65 Å². The molecule has 0 aliphatic heterocycles. The predicted octanol–water partition coefficient (Wildman–Crippen LogP) is 5.16. The number of pyridine rings is 3. The maximum absolute atomic E-state index is 4.97. The van der Waals surface area contributed by atoms with Crippen LogP contribution in [0.25, 0.3) is 49.5 Å². The molecule has 0 N–H and O–H groups in total. The summed E-state index contributed by atoms with van der Waals surface area (Å²) >= 11 is 0. The van der Waals surface area contributed by atoms with Gasteiger partial charge in [0, 0.05) is 28.6 Å². The summed E-state index contributed by atoms with van der Waals surface area (Å²) in [5, 5.41) is 3.65. The van der Waals surface area contributed by atoms with Crippen molar-refractivity contribution in [2.45, 2.75) is 6.42 Å². The zero-order chi connectivity index (χ0) is 18.2. The van der Waals surface area contributed by atoms with Gasteiger partial charge in [0.15, 0.2) is 0 Å². The normalized spacial score (nSPS) is 12.9. The molecule has 0 atom stereocenters. The molecule has 4 heteroatoms. The zero-order valence-corrected chi connectivity index (χ0v) is 14.9. The van der Waals surface area contributed by atoms with Crippen LogP contribution in [0.3, 0.4) is 0 Å². The molecule has 130 valence electrons. The van der Waals surface area contributed by atoms with Gasteiger partial charge in [-0.15, -0.1) is 0 Å². The standard InChI is InChI=1S/C24H14N4/c1-2-4-16-14(3-1)11-15-5-6-18-23(22(15)16)17-7-9-25-12-20(17)28-21-13-26-10-8-19(21)27-24(18)28/h1-10,12-13H,11H2. The van der Waals surface area contributed by atoms with Gasteiger partial charge in [0.25, 0.3) is 0 Å². The Labute approximate surface area is 160 Å². The Kier molecular flexibility index (Phi) is 2.51. The van der Waals surface area contributed by atoms with Crippen molar-refractivity contribution in [3.63, 3.8) is 0 Å². The molecule has 0 bridgehead atoms. The fourth-order valence-electron chi connectivity index (χ4n) is 4.81. The Morgan fingerprint density at radius 1 is 0.750 bits per heavy atom. The molecular weight excluding hydrogens is 344 g/mol. The lowest BCUT2D eigenvalue weighted by Gasteiger charge is -2.13. The van der Waals surface area contributed by atoms with Crippen LogP contribution in [0.5, 0.6) is 0 Å². The molecule has 6 aromatic rings. The highest BCUT2D eigenvalue weighted by atomic mass is 15.0. The van der Waals surface area contributed by atoms with Gasteiger partial charge in [0.05, 0.1) is 28.9 Å². The molecule has 0 amide bonds. The van der Waals surface area contributed by atoms with E-state index >= 15 is 0 Å². The highest BCUT2D eigenvalue weighted by molar-refractivity contribution is 6.20. The average molecular weight is 358 g/mol. The van der Waals surface area contributed by atoms with Crippen LogP contribution in [-0.2, 0) is 6.42 Å². The average Bonchev–Trinajstić information content (AvgIpc) is 3.32. The number of nitrogens with zero attached hydrogens (tertiary/aromatic N) is 4. The lowest BCUT2D eigenvalue weighted by molar-refractivity contribution is 1.25. The first-order valence-electron chi connectivity index (χ1n) is 9.42. The summed E-state index contributed by atoms with van der Waals surface area (Å²) in [5.74, 6) is 0. The van der Waals surface area contributed by atoms with Gasteiger partial charge in [-0.2, -0.15) is 0 Å². The first kappa shape index (κ1) is 14.3. The highest BCUT2D eigenvalue weighted by Crippen LogP contribution is 2.44. The second-order valence-electron chi connectivity index (χ2n) is 7.38. The van der Waals surface area contributed by atoms with Crippen molar-refractivity contribution in [3.8, 4) is 11.1 Å². The molecule has 28 heavy (non-hydrogen) atoms. The molecule has 2 aromatic carbocycles. The topological polar surface area (TPSA) is 43.1 Å². The summed E-state index contributed by atoms with van der Waals surface area (Å²) in [7, 11) is 0. The second-order valence-corrected chi connectivity index (χ2v) is 7.38. The molecule has 0 radical (unpaired) electrons. The summed E-state index contributed by atoms with van der Waals surface area (Å²) in [6.45, 7) is 0. The molecule has 4 nitrogen and oxygen atoms in total. The van der Waals surface area contributed by atoms with Crippen LogP contribution in [0.1, 0.15) is 11.1 Å². The smallest absolute Gasteiger partial charge is 0.146 e. The molecule has 4 heterocycles. The van der Waals surface area contributed by atoms with Crippen molar-refractivity contribution in [1.82, 2.24) is 19.4 Å². The number of benzene rings is 2. The Morgan fingerprint density at radius 2 is 1.61 bits per heavy atom. The molecular formula is C24H14N4. The molecule has 4 aromatic heterocycles. The van der Waals surface area contributed by atoms with Crippen LogP contribution >= 0.6 is 0 Å². The highest BCUT2D eigenvalue weighted by Gasteiger charge is 2.24. The van der Waals surface area contributed by atoms with Gasteiger partial charge in [-0.25, -0.2) is 4.98 Å². The zero-order valence-electron chi connectivity index (χ0n) is 14.9. The van der Waals surface area contributed by atoms with Gasteiger partial charge in [-0.05, 0) is 40.8 Å². The first-order valence-corrected chi connectivity index (χ1v) is 9.42. The lowest BCUT2D eigenvalue weighted by atomic mass is 9.96. The van der Waals surface area contributed by atoms with E-state index in [2.05, 4.69) is 56.8 Å². The molecule has 7 rings (SSSR count). The van der Waals surface area contributed by atoms with Gasteiger partial charge >= 0.3 is 0 Å². The lowest BCUT2D eigenvalue weighted by Crippen LogP contribution is -1.94. The minimum atomic E-state index is 0.952. The van der Waals surface area contributed by atoms with E-state index in [1.165, 1.54) is 38.4 Å². The first-order chi connectivity index (χ1) is 13.9. The third kappa shape index (κ3) is 1.63. The number of fused-ring (bicyclic) bond motifs is 12. The molecule has 0 spiro atoms. The van der Waals surface area contributed by atoms with E-state index in [0.717, 1.165) is 28.6 Å². The molecule has 1 aliphatic rings. The van der Waals surface area contributed by atoms with Gasteiger partial charge < -0.3 is 0 Å². The number of imidazole rings is 1. The fraction of sp³-hybridized carbons (Fsp3) is 0.0417. The summed E-state index contributed by atoms with van der Waals surface area (Å²) in [4.78, 5) is 13.7. The quantitative estimate of drug-likeness (QED) is 0.352. The predicted molar refractivity (Wildman–Crippen MR) is 112 cm³/mol. The van der Waals surface area contributed by atoms with Gasteiger partial charge in [0.2, 0.25) is 0 Å². The van der Waals surface area contributed by atoms with Crippen LogP contribution in [0, 0.1) is 0 Å². The number of hydrogen-bond donors (Lipinski definition) is 0. The van der Waals surface area contributed by atoms with Crippen molar-refractivity contribution < 1.29 is 0 Å². The van der Waals surface area contributed by atoms with E-state index < -0.39 is 0 Å². The van der Waals surface area contributed by atoms with Crippen molar-refractivity contribution in [3.05, 3.63) is 84.4 Å². The van der Waals surface area contributed by atoms with E-state index in [4.69, 9.17) is 4.98 Å². The van der Waals surface area contributed by atoms with E-state index in [0.29, 0.717) is 0 Å². The third-order valence-electron chi connectivity index (χ3n) is 5.97. The second kappa shape index (κ2) is 4.93. The van der Waals surface area contributed by atoms with E-state index in [9.17, 15) is 0 Å². The number of aromatic nitrogens is 4. The van der Waals surface area contributed by atoms with Crippen molar-refractivity contribution in [2.75, 3.05) is 0 Å². The minimum absolute atomic E-state index is 0.952. The Morgan fingerprint density at radius 3 is 2.57 bits per heavy atom. The minimum Gasteiger partial charge on any atom is -0.289 e.